The molecule has 0 atom stereocenters. The third kappa shape index (κ3) is 3.26. The fourth-order valence-corrected chi connectivity index (χ4v) is 2.24. The van der Waals surface area contributed by atoms with Crippen LogP contribution in [0.1, 0.15) is 29.5 Å². The second kappa shape index (κ2) is 6.06. The van der Waals surface area contributed by atoms with Crippen LogP contribution in [0.5, 0.6) is 0 Å². The zero-order chi connectivity index (χ0) is 13.8. The number of hydrogen-bond acceptors (Lipinski definition) is 3. The Morgan fingerprint density at radius 1 is 1.47 bits per heavy atom. The molecule has 0 aliphatic rings. The van der Waals surface area contributed by atoms with Crippen molar-refractivity contribution in [3.05, 3.63) is 46.2 Å². The number of rotatable bonds is 5. The van der Waals surface area contributed by atoms with Gasteiger partial charge in [0.1, 0.15) is 18.0 Å². The average Bonchev–Trinajstić information content (AvgIpc) is 2.80. The van der Waals surface area contributed by atoms with Crippen molar-refractivity contribution >= 4 is 21.7 Å². The molecule has 1 heterocycles. The van der Waals surface area contributed by atoms with E-state index in [1.54, 1.807) is 4.68 Å². The number of hydrogen-bond donors (Lipinski definition) is 0. The predicted octanol–water partition coefficient (Wildman–Crippen LogP) is 3.02. The highest BCUT2D eigenvalue weighted by Crippen LogP contribution is 2.19. The molecule has 0 saturated carbocycles. The van der Waals surface area contributed by atoms with Crippen molar-refractivity contribution in [2.45, 2.75) is 26.3 Å². The first-order valence-electron chi connectivity index (χ1n) is 5.96. The van der Waals surface area contributed by atoms with Crippen LogP contribution in [0, 0.1) is 5.82 Å². The van der Waals surface area contributed by atoms with Crippen molar-refractivity contribution in [1.29, 1.82) is 0 Å². The van der Waals surface area contributed by atoms with Gasteiger partial charge in [0.2, 0.25) is 0 Å². The minimum absolute atomic E-state index is 0.113. The fraction of sp³-hybridized carbons (Fsp3) is 0.308. The molecule has 0 spiro atoms. The van der Waals surface area contributed by atoms with Crippen molar-refractivity contribution in [3.8, 4) is 0 Å². The van der Waals surface area contributed by atoms with Crippen LogP contribution >= 0.6 is 15.9 Å². The van der Waals surface area contributed by atoms with Crippen LogP contribution in [-0.4, -0.2) is 20.5 Å². The molecule has 4 nitrogen and oxygen atoms in total. The Bertz CT molecular complexity index is 597. The van der Waals surface area contributed by atoms with Crippen LogP contribution < -0.4 is 0 Å². The summed E-state index contributed by atoms with van der Waals surface area (Å²) in [5, 5.41) is 4.06. The minimum atomic E-state index is -0.429. The Balaban J connectivity index is 2.21. The van der Waals surface area contributed by atoms with E-state index in [0.29, 0.717) is 22.4 Å². The summed E-state index contributed by atoms with van der Waals surface area (Å²) in [6.07, 6.45) is 2.45. The van der Waals surface area contributed by atoms with Gasteiger partial charge in [-0.3, -0.25) is 4.79 Å². The highest BCUT2D eigenvalue weighted by Gasteiger charge is 2.15. The highest BCUT2D eigenvalue weighted by atomic mass is 79.9. The van der Waals surface area contributed by atoms with E-state index < -0.39 is 5.82 Å². The van der Waals surface area contributed by atoms with Gasteiger partial charge in [0, 0.05) is 16.6 Å². The number of ketones is 1. The predicted molar refractivity (Wildman–Crippen MR) is 72.4 cm³/mol. The van der Waals surface area contributed by atoms with E-state index >= 15 is 0 Å². The van der Waals surface area contributed by atoms with Gasteiger partial charge in [0.15, 0.2) is 5.78 Å². The van der Waals surface area contributed by atoms with Gasteiger partial charge < -0.3 is 0 Å². The lowest BCUT2D eigenvalue weighted by Gasteiger charge is -2.05. The summed E-state index contributed by atoms with van der Waals surface area (Å²) >= 11 is 3.25. The van der Waals surface area contributed by atoms with Crippen LogP contribution in [-0.2, 0) is 13.0 Å². The van der Waals surface area contributed by atoms with Crippen LogP contribution in [0.2, 0.25) is 0 Å². The van der Waals surface area contributed by atoms with Crippen molar-refractivity contribution in [2.24, 2.45) is 0 Å². The molecule has 0 amide bonds. The summed E-state index contributed by atoms with van der Waals surface area (Å²) in [6, 6.07) is 4.06. The molecule has 0 aliphatic heterocycles. The maximum atomic E-state index is 13.2. The molecule has 100 valence electrons. The molecule has 0 aliphatic carbocycles. The molecular weight excluding hydrogens is 313 g/mol. The third-order valence-corrected chi connectivity index (χ3v) is 3.37. The highest BCUT2D eigenvalue weighted by molar-refractivity contribution is 9.10. The number of aryl methyl sites for hydroxylation is 1. The molecule has 2 rings (SSSR count). The Morgan fingerprint density at radius 3 is 3.00 bits per heavy atom. The molecule has 0 unspecified atom stereocenters. The first-order valence-corrected chi connectivity index (χ1v) is 6.76. The van der Waals surface area contributed by atoms with Crippen molar-refractivity contribution < 1.29 is 9.18 Å². The first-order chi connectivity index (χ1) is 9.11. The molecular formula is C13H13BrFN3O. The summed E-state index contributed by atoms with van der Waals surface area (Å²) in [4.78, 5) is 16.2. The van der Waals surface area contributed by atoms with Crippen LogP contribution in [0.4, 0.5) is 4.39 Å². The Morgan fingerprint density at radius 2 is 2.26 bits per heavy atom. The third-order valence-electron chi connectivity index (χ3n) is 2.68. The van der Waals surface area contributed by atoms with Gasteiger partial charge in [-0.2, -0.15) is 5.10 Å². The molecule has 0 bridgehead atoms. The van der Waals surface area contributed by atoms with Crippen molar-refractivity contribution in [2.75, 3.05) is 0 Å². The summed E-state index contributed by atoms with van der Waals surface area (Å²) < 4.78 is 15.5. The second-order valence-electron chi connectivity index (χ2n) is 4.12. The van der Waals surface area contributed by atoms with Crippen molar-refractivity contribution in [1.82, 2.24) is 14.8 Å². The van der Waals surface area contributed by atoms with Gasteiger partial charge in [-0.1, -0.05) is 22.9 Å². The Hall–Kier alpha value is -1.56. The van der Waals surface area contributed by atoms with Crippen LogP contribution in [0.25, 0.3) is 0 Å². The number of nitrogens with zero attached hydrogens (tertiary/aromatic N) is 3. The number of carbonyl (C=O) groups excluding carboxylic acids is 1. The van der Waals surface area contributed by atoms with Gasteiger partial charge in [-0.05, 0) is 24.6 Å². The number of Topliss-reactive ketones (excluding diaryl/α,β-unsaturated/α-hetero) is 1. The van der Waals surface area contributed by atoms with Gasteiger partial charge >= 0.3 is 0 Å². The lowest BCUT2D eigenvalue weighted by Crippen LogP contribution is -2.12. The number of benzene rings is 1. The summed E-state index contributed by atoms with van der Waals surface area (Å²) in [5.74, 6) is -0.0127. The molecule has 1 aromatic heterocycles. The lowest BCUT2D eigenvalue weighted by atomic mass is 10.1. The van der Waals surface area contributed by atoms with E-state index in [-0.39, 0.29) is 12.2 Å². The van der Waals surface area contributed by atoms with E-state index in [9.17, 15) is 9.18 Å². The zero-order valence-electron chi connectivity index (χ0n) is 10.4. The quantitative estimate of drug-likeness (QED) is 0.794. The second-order valence-corrected chi connectivity index (χ2v) is 4.98. The van der Waals surface area contributed by atoms with Gasteiger partial charge in [0.05, 0.1) is 6.42 Å². The molecule has 19 heavy (non-hydrogen) atoms. The molecule has 0 fully saturated rings. The lowest BCUT2D eigenvalue weighted by molar-refractivity contribution is 0.0988. The van der Waals surface area contributed by atoms with E-state index in [1.807, 2.05) is 6.92 Å². The van der Waals surface area contributed by atoms with E-state index in [2.05, 4.69) is 26.0 Å². The van der Waals surface area contributed by atoms with Crippen LogP contribution in [0.3, 0.4) is 0 Å². The van der Waals surface area contributed by atoms with E-state index in [0.717, 1.165) is 6.42 Å². The average molecular weight is 326 g/mol. The zero-order valence-corrected chi connectivity index (χ0v) is 12.0. The van der Waals surface area contributed by atoms with Crippen LogP contribution in [0.15, 0.2) is 29.0 Å². The van der Waals surface area contributed by atoms with Gasteiger partial charge in [-0.25, -0.2) is 14.1 Å². The standard InChI is InChI=1S/C13H13BrFN3O/c1-2-5-18-13(16-8-17-18)7-12(19)10-6-9(15)3-4-11(10)14/h3-4,6,8H,2,5,7H2,1H3. The van der Waals surface area contributed by atoms with Gasteiger partial charge in [-0.15, -0.1) is 0 Å². The molecule has 0 N–H and O–H groups in total. The molecule has 2 aromatic rings. The number of halogens is 2. The maximum Gasteiger partial charge on any atom is 0.171 e. The molecule has 0 radical (unpaired) electrons. The molecule has 1 aromatic carbocycles. The molecule has 6 heteroatoms. The summed E-state index contributed by atoms with van der Waals surface area (Å²) in [6.45, 7) is 2.74. The van der Waals surface area contributed by atoms with E-state index in [1.165, 1.54) is 24.5 Å². The Kier molecular flexibility index (Phi) is 4.42. The smallest absolute Gasteiger partial charge is 0.171 e. The first kappa shape index (κ1) is 13.9. The fourth-order valence-electron chi connectivity index (χ4n) is 1.77. The monoisotopic (exact) mass is 325 g/mol. The van der Waals surface area contributed by atoms with Crippen molar-refractivity contribution in [3.63, 3.8) is 0 Å². The number of carbonyl (C=O) groups is 1. The summed E-state index contributed by atoms with van der Waals surface area (Å²) in [5.41, 5.74) is 0.325. The largest absolute Gasteiger partial charge is 0.294 e. The topological polar surface area (TPSA) is 47.8 Å². The normalized spacial score (nSPS) is 10.7. The summed E-state index contributed by atoms with van der Waals surface area (Å²) in [7, 11) is 0. The SMILES string of the molecule is CCCn1ncnc1CC(=O)c1cc(F)ccc1Br. The molecule has 0 saturated heterocycles. The maximum absolute atomic E-state index is 13.2. The van der Waals surface area contributed by atoms with E-state index in [4.69, 9.17) is 0 Å². The Labute approximate surface area is 118 Å². The minimum Gasteiger partial charge on any atom is -0.294 e. The number of aromatic nitrogens is 3. The van der Waals surface area contributed by atoms with Gasteiger partial charge in [0.25, 0.3) is 0 Å².